The maximum atomic E-state index is 15.8. The molecule has 4 heterocycles. The average Bonchev–Trinajstić information content (AvgIpc) is 3.95. The lowest BCUT2D eigenvalue weighted by Crippen LogP contribution is -2.48. The fourth-order valence-electron chi connectivity index (χ4n) is 10.8. The quantitative estimate of drug-likeness (QED) is 0.131. The molecule has 20 heteroatoms. The summed E-state index contributed by atoms with van der Waals surface area (Å²) in [6.07, 6.45) is -10.3. The number of para-hydroxylation sites is 2. The highest BCUT2D eigenvalue weighted by molar-refractivity contribution is 5.95. The summed E-state index contributed by atoms with van der Waals surface area (Å²) in [7, 11) is 0. The highest BCUT2D eigenvalue weighted by atomic mass is 19.4. The molecule has 8 rings (SSSR count). The number of benzene rings is 4. The van der Waals surface area contributed by atoms with E-state index in [0.717, 1.165) is 43.2 Å². The molecule has 2 aliphatic rings. The third-order valence-corrected chi connectivity index (χ3v) is 14.2. The molecule has 10 nitrogen and oxygen atoms in total. The van der Waals surface area contributed by atoms with Gasteiger partial charge in [0, 0.05) is 47.2 Å². The Kier molecular flexibility index (Phi) is 17.3. The monoisotopic (exact) mass is 1100 g/mol. The summed E-state index contributed by atoms with van der Waals surface area (Å²) >= 11 is 0. The van der Waals surface area contributed by atoms with Gasteiger partial charge in [-0.25, -0.2) is 36.3 Å². The van der Waals surface area contributed by atoms with E-state index >= 15 is 17.6 Å². The van der Waals surface area contributed by atoms with Crippen molar-refractivity contribution in [2.45, 2.75) is 154 Å². The normalized spacial score (nSPS) is 19.3. The molecule has 0 saturated heterocycles. The Morgan fingerprint density at radius 1 is 0.564 bits per heavy atom. The molecule has 2 aromatic heterocycles. The number of ether oxygens (including phenoxy) is 2. The van der Waals surface area contributed by atoms with E-state index in [1.807, 2.05) is 0 Å². The lowest BCUT2D eigenvalue weighted by Gasteiger charge is -2.42. The van der Waals surface area contributed by atoms with Gasteiger partial charge in [-0.3, -0.25) is 9.80 Å². The molecule has 2 aliphatic heterocycles. The molecule has 0 bridgehead atoms. The molecule has 2 N–H and O–H groups in total. The minimum atomic E-state index is -4.67. The summed E-state index contributed by atoms with van der Waals surface area (Å²) in [5.41, 5.74) is -0.466. The van der Waals surface area contributed by atoms with Gasteiger partial charge in [0.15, 0.2) is 0 Å². The first-order valence-electron chi connectivity index (χ1n) is 25.8. The SMILES string of the molecule is C[C@@H]1Cc2c(n(C(=O)OC(C)(C)C)c3ccccc23)[C@@H](c2c(F)cc([C@@H](C)CCO)cc2F)N1CC(F)(F)F.C[C@H](CCO)c1cc(F)c([C@@H]2c3c(c4ccccc4n3C(=O)OC(C)(C)C)C[C@@H](C)N2CC(F)(F)F)c(F)c1. The van der Waals surface area contributed by atoms with Crippen molar-refractivity contribution < 1.29 is 73.2 Å². The van der Waals surface area contributed by atoms with Crippen molar-refractivity contribution >= 4 is 34.0 Å². The van der Waals surface area contributed by atoms with E-state index in [1.54, 1.807) is 118 Å². The number of alkyl halides is 6. The standard InChI is InChI=1S/2C29H33F5N2O3/c2*1-16(10-11-37)18-13-21(30)24(22(31)14-18)26-25-20(12-17(2)35(26)15-29(32,33)34)19-8-6-7-9-23(19)36(25)27(38)39-28(3,4)5/h2*6-9,13-14,16-17,26,37H,10-12,15H2,1-5H3/t16-,17+,26+;16-,17-,26-/m01/s1. The Hall–Kier alpha value is -5.96. The zero-order valence-corrected chi connectivity index (χ0v) is 45.1. The predicted octanol–water partition coefficient (Wildman–Crippen LogP) is 14.2. The van der Waals surface area contributed by atoms with Gasteiger partial charge < -0.3 is 19.7 Å². The Bertz CT molecular complexity index is 2910. The largest absolute Gasteiger partial charge is 0.443 e. The number of hydrogen-bond donors (Lipinski definition) is 2. The number of rotatable bonds is 10. The molecule has 0 saturated carbocycles. The predicted molar refractivity (Wildman–Crippen MR) is 276 cm³/mol. The lowest BCUT2D eigenvalue weighted by molar-refractivity contribution is -0.156. The van der Waals surface area contributed by atoms with Crippen molar-refractivity contribution in [1.82, 2.24) is 18.9 Å². The molecule has 4 aromatic carbocycles. The highest BCUT2D eigenvalue weighted by Gasteiger charge is 2.48. The van der Waals surface area contributed by atoms with E-state index in [4.69, 9.17) is 9.47 Å². The van der Waals surface area contributed by atoms with Gasteiger partial charge in [-0.2, -0.15) is 26.3 Å². The topological polar surface area (TPSA) is 109 Å². The average molecular weight is 1110 g/mol. The van der Waals surface area contributed by atoms with Crippen LogP contribution in [0.4, 0.5) is 53.5 Å². The number of aliphatic hydroxyl groups is 2. The number of fused-ring (bicyclic) bond motifs is 6. The van der Waals surface area contributed by atoms with Crippen LogP contribution in [0.25, 0.3) is 21.8 Å². The van der Waals surface area contributed by atoms with E-state index in [2.05, 4.69) is 0 Å². The zero-order chi connectivity index (χ0) is 57.7. The van der Waals surface area contributed by atoms with Crippen LogP contribution in [0.1, 0.15) is 151 Å². The summed E-state index contributed by atoms with van der Waals surface area (Å²) in [6.45, 7) is 13.2. The van der Waals surface area contributed by atoms with Gasteiger partial charge in [0.25, 0.3) is 0 Å². The third kappa shape index (κ3) is 12.7. The van der Waals surface area contributed by atoms with Crippen molar-refractivity contribution in [3.05, 3.63) is 141 Å². The second kappa shape index (κ2) is 22.7. The molecular formula is C58H66F10N4O6. The number of carbonyl (C=O) groups excluding carboxylic acids is 2. The lowest BCUT2D eigenvalue weighted by atomic mass is 9.86. The van der Waals surface area contributed by atoms with Gasteiger partial charge in [-0.05, 0) is 152 Å². The molecule has 78 heavy (non-hydrogen) atoms. The van der Waals surface area contributed by atoms with E-state index in [9.17, 15) is 46.1 Å². The first-order chi connectivity index (χ1) is 36.3. The first kappa shape index (κ1) is 59.7. The molecule has 6 aromatic rings. The van der Waals surface area contributed by atoms with Gasteiger partial charge >= 0.3 is 24.5 Å². The van der Waals surface area contributed by atoms with E-state index in [0.29, 0.717) is 32.9 Å². The minimum Gasteiger partial charge on any atom is -0.443 e. The highest BCUT2D eigenvalue weighted by Crippen LogP contribution is 2.48. The fourth-order valence-corrected chi connectivity index (χ4v) is 10.8. The van der Waals surface area contributed by atoms with E-state index < -0.39 is 107 Å². The number of carbonyl (C=O) groups is 2. The van der Waals surface area contributed by atoms with Crippen LogP contribution in [0.3, 0.4) is 0 Å². The van der Waals surface area contributed by atoms with Crippen LogP contribution in [-0.4, -0.2) is 103 Å². The van der Waals surface area contributed by atoms with E-state index in [1.165, 1.54) is 0 Å². The molecule has 0 unspecified atom stereocenters. The second-order valence-electron chi connectivity index (χ2n) is 22.5. The van der Waals surface area contributed by atoms with Gasteiger partial charge in [0.2, 0.25) is 0 Å². The van der Waals surface area contributed by atoms with Crippen molar-refractivity contribution in [2.24, 2.45) is 0 Å². The fraction of sp³-hybridized carbons (Fsp3) is 0.483. The Morgan fingerprint density at radius 2 is 0.872 bits per heavy atom. The van der Waals surface area contributed by atoms with Crippen LogP contribution in [0.2, 0.25) is 0 Å². The van der Waals surface area contributed by atoms with Crippen molar-refractivity contribution in [2.75, 3.05) is 26.3 Å². The van der Waals surface area contributed by atoms with Crippen LogP contribution in [0, 0.1) is 23.3 Å². The van der Waals surface area contributed by atoms with Crippen molar-refractivity contribution in [1.29, 1.82) is 0 Å². The van der Waals surface area contributed by atoms with E-state index in [-0.39, 0.29) is 73.2 Å². The first-order valence-corrected chi connectivity index (χ1v) is 25.8. The van der Waals surface area contributed by atoms with Gasteiger partial charge in [-0.15, -0.1) is 0 Å². The van der Waals surface area contributed by atoms with Crippen LogP contribution in [-0.2, 0) is 22.3 Å². The van der Waals surface area contributed by atoms with Crippen LogP contribution in [0.5, 0.6) is 0 Å². The maximum Gasteiger partial charge on any atom is 0.419 e. The van der Waals surface area contributed by atoms with Gasteiger partial charge in [0.05, 0.1) is 47.6 Å². The Morgan fingerprint density at radius 3 is 1.15 bits per heavy atom. The Labute approximate surface area is 446 Å². The molecule has 0 amide bonds. The summed E-state index contributed by atoms with van der Waals surface area (Å²) in [6, 6.07) is 13.4. The number of hydrogen-bond acceptors (Lipinski definition) is 8. The van der Waals surface area contributed by atoms with Crippen LogP contribution >= 0.6 is 0 Å². The number of aliphatic hydroxyl groups excluding tert-OH is 2. The van der Waals surface area contributed by atoms with Gasteiger partial charge in [-0.1, -0.05) is 50.2 Å². The molecular weight excluding hydrogens is 1040 g/mol. The van der Waals surface area contributed by atoms with Crippen LogP contribution < -0.4 is 0 Å². The minimum absolute atomic E-state index is 0.0572. The zero-order valence-electron chi connectivity index (χ0n) is 45.1. The van der Waals surface area contributed by atoms with Crippen molar-refractivity contribution in [3.63, 3.8) is 0 Å². The molecule has 0 aliphatic carbocycles. The Balaban J connectivity index is 0.000000226. The molecule has 0 radical (unpaired) electrons. The second-order valence-corrected chi connectivity index (χ2v) is 22.5. The molecule has 424 valence electrons. The van der Waals surface area contributed by atoms with Crippen LogP contribution in [0.15, 0.2) is 72.8 Å². The van der Waals surface area contributed by atoms with Gasteiger partial charge in [0.1, 0.15) is 34.5 Å². The number of halogens is 10. The maximum absolute atomic E-state index is 15.8. The van der Waals surface area contributed by atoms with Crippen molar-refractivity contribution in [3.8, 4) is 0 Å². The third-order valence-electron chi connectivity index (χ3n) is 14.2. The summed E-state index contributed by atoms with van der Waals surface area (Å²) < 4.78 is 160. The smallest absolute Gasteiger partial charge is 0.419 e. The molecule has 6 atom stereocenters. The summed E-state index contributed by atoms with van der Waals surface area (Å²) in [5.74, 6) is -4.84. The number of aromatic nitrogens is 2. The molecule has 0 fully saturated rings. The molecule has 0 spiro atoms. The number of nitrogens with zero attached hydrogens (tertiary/aromatic N) is 4. The summed E-state index contributed by atoms with van der Waals surface area (Å²) in [5, 5.41) is 19.7. The summed E-state index contributed by atoms with van der Waals surface area (Å²) in [4.78, 5) is 29.1.